The van der Waals surface area contributed by atoms with Gasteiger partial charge < -0.3 is 0 Å². The molecule has 0 amide bonds. The van der Waals surface area contributed by atoms with Crippen molar-refractivity contribution in [2.45, 2.75) is 61.8 Å². The average molecular weight is 451 g/mol. The van der Waals surface area contributed by atoms with E-state index in [0.717, 1.165) is 17.5 Å². The van der Waals surface area contributed by atoms with Gasteiger partial charge in [-0.2, -0.15) is 4.31 Å². The SMILES string of the molecule is CCC(C)c1ccc(S(=O)(=O)NC2CCN(S(=O)(=O)c3ccc(C)cc3)CC2)cc1. The van der Waals surface area contributed by atoms with Crippen molar-refractivity contribution in [2.75, 3.05) is 13.1 Å². The molecule has 1 N–H and O–H groups in total. The van der Waals surface area contributed by atoms with Crippen LogP contribution in [0, 0.1) is 6.92 Å². The van der Waals surface area contributed by atoms with Crippen molar-refractivity contribution < 1.29 is 16.8 Å². The van der Waals surface area contributed by atoms with Gasteiger partial charge in [0.25, 0.3) is 0 Å². The largest absolute Gasteiger partial charge is 0.243 e. The minimum absolute atomic E-state index is 0.240. The summed E-state index contributed by atoms with van der Waals surface area (Å²) >= 11 is 0. The van der Waals surface area contributed by atoms with Crippen molar-refractivity contribution in [2.24, 2.45) is 0 Å². The molecule has 164 valence electrons. The molecule has 0 radical (unpaired) electrons. The van der Waals surface area contributed by atoms with Gasteiger partial charge in [-0.1, -0.05) is 43.7 Å². The smallest absolute Gasteiger partial charge is 0.208 e. The van der Waals surface area contributed by atoms with Crippen molar-refractivity contribution in [1.29, 1.82) is 0 Å². The molecule has 2 aromatic rings. The summed E-state index contributed by atoms with van der Waals surface area (Å²) in [6.45, 7) is 6.70. The molecule has 1 atom stereocenters. The molecule has 8 heteroatoms. The predicted molar refractivity (Wildman–Crippen MR) is 118 cm³/mol. The number of nitrogens with zero attached hydrogens (tertiary/aromatic N) is 1. The van der Waals surface area contributed by atoms with Crippen LogP contribution in [0.3, 0.4) is 0 Å². The van der Waals surface area contributed by atoms with E-state index in [9.17, 15) is 16.8 Å². The first-order valence-electron chi connectivity index (χ1n) is 10.3. The van der Waals surface area contributed by atoms with Crippen LogP contribution in [0.25, 0.3) is 0 Å². The number of benzene rings is 2. The van der Waals surface area contributed by atoms with Gasteiger partial charge in [0.2, 0.25) is 20.0 Å². The summed E-state index contributed by atoms with van der Waals surface area (Å²) in [5.74, 6) is 0.384. The Balaban J connectivity index is 1.63. The highest BCUT2D eigenvalue weighted by molar-refractivity contribution is 7.89. The fourth-order valence-corrected chi connectivity index (χ4v) is 6.35. The Morgan fingerprint density at radius 3 is 2.00 bits per heavy atom. The van der Waals surface area contributed by atoms with E-state index in [-0.39, 0.29) is 28.9 Å². The van der Waals surface area contributed by atoms with Crippen molar-refractivity contribution in [3.63, 3.8) is 0 Å². The highest BCUT2D eigenvalue weighted by Crippen LogP contribution is 2.23. The summed E-state index contributed by atoms with van der Waals surface area (Å²) in [4.78, 5) is 0.512. The van der Waals surface area contributed by atoms with E-state index in [1.165, 1.54) is 4.31 Å². The fraction of sp³-hybridized carbons (Fsp3) is 0.455. The number of hydrogen-bond acceptors (Lipinski definition) is 4. The van der Waals surface area contributed by atoms with Crippen LogP contribution in [0.5, 0.6) is 0 Å². The molecule has 0 aliphatic carbocycles. The van der Waals surface area contributed by atoms with Crippen LogP contribution in [-0.4, -0.2) is 40.3 Å². The summed E-state index contributed by atoms with van der Waals surface area (Å²) in [6.07, 6.45) is 1.87. The van der Waals surface area contributed by atoms with Gasteiger partial charge in [-0.05, 0) is 61.9 Å². The van der Waals surface area contributed by atoms with E-state index in [2.05, 4.69) is 18.6 Å². The number of piperidine rings is 1. The first-order chi connectivity index (χ1) is 14.1. The number of hydrogen-bond donors (Lipinski definition) is 1. The van der Waals surface area contributed by atoms with Gasteiger partial charge in [0.15, 0.2) is 0 Å². The van der Waals surface area contributed by atoms with Gasteiger partial charge in [0, 0.05) is 19.1 Å². The Kier molecular flexibility index (Phi) is 7.02. The molecule has 0 aromatic heterocycles. The Labute approximate surface area is 180 Å². The monoisotopic (exact) mass is 450 g/mol. The Morgan fingerprint density at radius 2 is 1.47 bits per heavy atom. The molecule has 3 rings (SSSR count). The first kappa shape index (κ1) is 22.9. The van der Waals surface area contributed by atoms with Crippen molar-refractivity contribution in [3.05, 3.63) is 59.7 Å². The average Bonchev–Trinajstić information content (AvgIpc) is 2.73. The van der Waals surface area contributed by atoms with Gasteiger partial charge in [0.1, 0.15) is 0 Å². The molecule has 1 fully saturated rings. The van der Waals surface area contributed by atoms with Crippen LogP contribution >= 0.6 is 0 Å². The Morgan fingerprint density at radius 1 is 0.933 bits per heavy atom. The van der Waals surface area contributed by atoms with Crippen molar-refractivity contribution in [3.8, 4) is 0 Å². The van der Waals surface area contributed by atoms with E-state index < -0.39 is 20.0 Å². The summed E-state index contributed by atoms with van der Waals surface area (Å²) in [5.41, 5.74) is 2.12. The lowest BCUT2D eigenvalue weighted by atomic mass is 9.99. The third kappa shape index (κ3) is 5.11. The van der Waals surface area contributed by atoms with Crippen LogP contribution in [0.4, 0.5) is 0 Å². The summed E-state index contributed by atoms with van der Waals surface area (Å²) in [5, 5.41) is 0. The van der Waals surface area contributed by atoms with Crippen LogP contribution < -0.4 is 4.72 Å². The third-order valence-electron chi connectivity index (χ3n) is 5.81. The zero-order chi connectivity index (χ0) is 21.9. The summed E-state index contributed by atoms with van der Waals surface area (Å²) in [6, 6.07) is 13.5. The molecule has 0 spiro atoms. The first-order valence-corrected chi connectivity index (χ1v) is 13.2. The molecule has 1 aliphatic heterocycles. The normalized spacial score (nSPS) is 17.7. The highest BCUT2D eigenvalue weighted by atomic mass is 32.2. The van der Waals surface area contributed by atoms with Crippen molar-refractivity contribution in [1.82, 2.24) is 9.03 Å². The second-order valence-corrected chi connectivity index (χ2v) is 11.6. The van der Waals surface area contributed by atoms with Crippen LogP contribution in [0.15, 0.2) is 58.3 Å². The number of sulfonamides is 2. The van der Waals surface area contributed by atoms with Crippen LogP contribution in [0.1, 0.15) is 50.2 Å². The summed E-state index contributed by atoms with van der Waals surface area (Å²) < 4.78 is 55.3. The van der Waals surface area contributed by atoms with Gasteiger partial charge in [0.05, 0.1) is 9.79 Å². The maximum absolute atomic E-state index is 12.8. The number of aryl methyl sites for hydroxylation is 1. The second-order valence-electron chi connectivity index (χ2n) is 7.99. The quantitative estimate of drug-likeness (QED) is 0.698. The molecular weight excluding hydrogens is 420 g/mol. The molecule has 1 heterocycles. The highest BCUT2D eigenvalue weighted by Gasteiger charge is 2.31. The number of rotatable bonds is 7. The minimum atomic E-state index is -3.64. The summed E-state index contributed by atoms with van der Waals surface area (Å²) in [7, 11) is -7.19. The zero-order valence-corrected chi connectivity index (χ0v) is 19.3. The minimum Gasteiger partial charge on any atom is -0.208 e. The predicted octanol–water partition coefficient (Wildman–Crippen LogP) is 3.64. The van der Waals surface area contributed by atoms with Gasteiger partial charge in [-0.15, -0.1) is 0 Å². The molecule has 30 heavy (non-hydrogen) atoms. The van der Waals surface area contributed by atoms with Crippen LogP contribution in [-0.2, 0) is 20.0 Å². The van der Waals surface area contributed by atoms with Crippen molar-refractivity contribution >= 4 is 20.0 Å². The lowest BCUT2D eigenvalue weighted by Gasteiger charge is -2.31. The molecule has 1 saturated heterocycles. The Bertz CT molecular complexity index is 1060. The van der Waals surface area contributed by atoms with E-state index in [0.29, 0.717) is 18.8 Å². The molecule has 0 bridgehead atoms. The van der Waals surface area contributed by atoms with E-state index in [4.69, 9.17) is 0 Å². The van der Waals surface area contributed by atoms with Crippen LogP contribution in [0.2, 0.25) is 0 Å². The van der Waals surface area contributed by atoms with Gasteiger partial charge >= 0.3 is 0 Å². The molecule has 0 saturated carbocycles. The molecular formula is C22H30N2O4S2. The second kappa shape index (κ2) is 9.18. The van der Waals surface area contributed by atoms with E-state index >= 15 is 0 Å². The third-order valence-corrected chi connectivity index (χ3v) is 9.26. The molecule has 2 aromatic carbocycles. The lowest BCUT2D eigenvalue weighted by molar-refractivity contribution is 0.308. The van der Waals surface area contributed by atoms with E-state index in [1.807, 2.05) is 19.1 Å². The van der Waals surface area contributed by atoms with E-state index in [1.54, 1.807) is 36.4 Å². The Hall–Kier alpha value is -1.74. The molecule has 1 unspecified atom stereocenters. The molecule has 1 aliphatic rings. The van der Waals surface area contributed by atoms with Gasteiger partial charge in [-0.3, -0.25) is 0 Å². The lowest BCUT2D eigenvalue weighted by Crippen LogP contribution is -2.46. The fourth-order valence-electron chi connectivity index (χ4n) is 3.57. The topological polar surface area (TPSA) is 83.6 Å². The van der Waals surface area contributed by atoms with Gasteiger partial charge in [-0.25, -0.2) is 21.6 Å². The maximum atomic E-state index is 12.8. The number of nitrogens with one attached hydrogen (secondary N) is 1. The zero-order valence-electron chi connectivity index (χ0n) is 17.7. The standard InChI is InChI=1S/C22H30N2O4S2/c1-4-18(3)19-7-11-21(12-8-19)29(25,26)23-20-13-15-24(16-14-20)30(27,28)22-9-5-17(2)6-10-22/h5-12,18,20,23H,4,13-16H2,1-3H3. The maximum Gasteiger partial charge on any atom is 0.243 e. The molecule has 6 nitrogen and oxygen atoms in total.